The maximum absolute atomic E-state index is 9.52. The number of ether oxygens (including phenoxy) is 1. The third-order valence-corrected chi connectivity index (χ3v) is 6.95. The summed E-state index contributed by atoms with van der Waals surface area (Å²) in [6.07, 6.45) is 7.12. The van der Waals surface area contributed by atoms with E-state index >= 15 is 0 Å². The molecule has 6 heteroatoms. The molecule has 6 nitrogen and oxygen atoms in total. The second-order valence-corrected chi connectivity index (χ2v) is 9.27. The molecule has 0 N–H and O–H groups in total. The van der Waals surface area contributed by atoms with Gasteiger partial charge in [-0.25, -0.2) is 0 Å². The average molecular weight is 466 g/mol. The zero-order valence-electron chi connectivity index (χ0n) is 20.4. The van der Waals surface area contributed by atoms with Crippen molar-refractivity contribution in [1.29, 1.82) is 5.26 Å². The van der Waals surface area contributed by atoms with Crippen LogP contribution in [0.4, 0.5) is 0 Å². The van der Waals surface area contributed by atoms with Crippen molar-refractivity contribution < 1.29 is 4.74 Å². The maximum Gasteiger partial charge on any atom is 0.118 e. The van der Waals surface area contributed by atoms with E-state index in [0.29, 0.717) is 5.56 Å². The second-order valence-electron chi connectivity index (χ2n) is 9.27. The smallest absolute Gasteiger partial charge is 0.118 e. The van der Waals surface area contributed by atoms with Gasteiger partial charge in [0.1, 0.15) is 5.75 Å². The van der Waals surface area contributed by atoms with Gasteiger partial charge in [-0.15, -0.1) is 0 Å². The largest absolute Gasteiger partial charge is 0.497 e. The molecule has 0 unspecified atom stereocenters. The molecule has 0 aliphatic carbocycles. The van der Waals surface area contributed by atoms with Crippen LogP contribution >= 0.6 is 0 Å². The van der Waals surface area contributed by atoms with Crippen molar-refractivity contribution in [2.24, 2.45) is 0 Å². The lowest BCUT2D eigenvalue weighted by Crippen LogP contribution is -2.44. The summed E-state index contributed by atoms with van der Waals surface area (Å²) in [6, 6.07) is 18.5. The van der Waals surface area contributed by atoms with E-state index < -0.39 is 0 Å². The van der Waals surface area contributed by atoms with Crippen molar-refractivity contribution in [3.8, 4) is 34.1 Å². The van der Waals surface area contributed by atoms with Crippen LogP contribution in [0, 0.1) is 11.3 Å². The fourth-order valence-corrected chi connectivity index (χ4v) is 4.85. The molecule has 0 amide bonds. The Labute approximate surface area is 207 Å². The van der Waals surface area contributed by atoms with Crippen LogP contribution in [-0.2, 0) is 6.54 Å². The summed E-state index contributed by atoms with van der Waals surface area (Å²) in [7, 11) is 3.87. The topological polar surface area (TPSA) is 57.3 Å². The number of piperazine rings is 1. The van der Waals surface area contributed by atoms with Gasteiger partial charge >= 0.3 is 0 Å². The van der Waals surface area contributed by atoms with Crippen molar-refractivity contribution in [3.05, 3.63) is 72.7 Å². The van der Waals surface area contributed by atoms with E-state index in [2.05, 4.69) is 62.9 Å². The van der Waals surface area contributed by atoms with Crippen molar-refractivity contribution >= 4 is 10.9 Å². The zero-order valence-corrected chi connectivity index (χ0v) is 20.4. The van der Waals surface area contributed by atoms with Gasteiger partial charge in [-0.3, -0.25) is 4.98 Å². The Balaban J connectivity index is 1.44. The molecule has 4 aromatic rings. The number of aryl methyl sites for hydroxylation is 1. The van der Waals surface area contributed by atoms with Gasteiger partial charge in [-0.05, 0) is 62.0 Å². The summed E-state index contributed by atoms with van der Waals surface area (Å²) >= 11 is 0. The Morgan fingerprint density at radius 2 is 1.69 bits per heavy atom. The third-order valence-electron chi connectivity index (χ3n) is 6.95. The van der Waals surface area contributed by atoms with E-state index in [1.165, 1.54) is 0 Å². The van der Waals surface area contributed by atoms with Crippen LogP contribution in [0.2, 0.25) is 0 Å². The van der Waals surface area contributed by atoms with Crippen LogP contribution in [0.25, 0.3) is 33.2 Å². The van der Waals surface area contributed by atoms with E-state index in [4.69, 9.17) is 4.74 Å². The van der Waals surface area contributed by atoms with Crippen molar-refractivity contribution in [2.75, 3.05) is 46.9 Å². The molecule has 1 saturated heterocycles. The molecular weight excluding hydrogens is 434 g/mol. The highest BCUT2D eigenvalue weighted by Crippen LogP contribution is 2.33. The van der Waals surface area contributed by atoms with Crippen LogP contribution in [0.3, 0.4) is 0 Å². The van der Waals surface area contributed by atoms with Gasteiger partial charge in [0.25, 0.3) is 0 Å². The molecule has 5 rings (SSSR count). The minimum Gasteiger partial charge on any atom is -0.497 e. The summed E-state index contributed by atoms with van der Waals surface area (Å²) < 4.78 is 7.63. The number of hydrogen-bond donors (Lipinski definition) is 0. The van der Waals surface area contributed by atoms with Crippen molar-refractivity contribution in [1.82, 2.24) is 19.4 Å². The number of nitriles is 1. The van der Waals surface area contributed by atoms with Gasteiger partial charge in [0.05, 0.1) is 18.7 Å². The first-order chi connectivity index (χ1) is 17.1. The SMILES string of the molecule is COc1ccc(-c2cncc(-c3cn(CCCN4CCN(C)CC4)c4ccc(C#N)cc34)c2)cc1. The van der Waals surface area contributed by atoms with Crippen LogP contribution in [0.5, 0.6) is 5.75 Å². The predicted molar refractivity (Wildman–Crippen MR) is 140 cm³/mol. The molecule has 2 aromatic carbocycles. The first kappa shape index (κ1) is 23.1. The minimum atomic E-state index is 0.674. The Kier molecular flexibility index (Phi) is 6.80. The molecular formula is C29H31N5O. The summed E-state index contributed by atoms with van der Waals surface area (Å²) in [4.78, 5) is 9.50. The average Bonchev–Trinajstić information content (AvgIpc) is 3.27. The lowest BCUT2D eigenvalue weighted by molar-refractivity contribution is 0.151. The molecule has 0 radical (unpaired) electrons. The second kappa shape index (κ2) is 10.3. The number of aromatic nitrogens is 2. The highest BCUT2D eigenvalue weighted by atomic mass is 16.5. The Bertz CT molecular complexity index is 1340. The Morgan fingerprint density at radius 3 is 2.43 bits per heavy atom. The molecule has 1 aliphatic rings. The molecule has 2 aromatic heterocycles. The zero-order chi connectivity index (χ0) is 24.2. The summed E-state index contributed by atoms with van der Waals surface area (Å²) in [5, 5.41) is 10.6. The quantitative estimate of drug-likeness (QED) is 0.389. The maximum atomic E-state index is 9.52. The molecule has 35 heavy (non-hydrogen) atoms. The number of methoxy groups -OCH3 is 1. The van der Waals surface area contributed by atoms with Gasteiger partial charge in [0.2, 0.25) is 0 Å². The van der Waals surface area contributed by atoms with E-state index in [1.807, 2.05) is 36.7 Å². The molecule has 1 fully saturated rings. The fraction of sp³-hybridized carbons (Fsp3) is 0.310. The van der Waals surface area contributed by atoms with Gasteiger partial charge in [-0.1, -0.05) is 12.1 Å². The number of hydrogen-bond acceptors (Lipinski definition) is 5. The number of rotatable bonds is 7. The van der Waals surface area contributed by atoms with Gasteiger partial charge < -0.3 is 19.1 Å². The van der Waals surface area contributed by atoms with E-state index in [0.717, 1.165) is 84.6 Å². The summed E-state index contributed by atoms with van der Waals surface area (Å²) in [6.45, 7) is 6.62. The first-order valence-electron chi connectivity index (χ1n) is 12.2. The first-order valence-corrected chi connectivity index (χ1v) is 12.2. The van der Waals surface area contributed by atoms with Gasteiger partial charge in [-0.2, -0.15) is 5.26 Å². The molecule has 0 saturated carbocycles. The molecule has 0 spiro atoms. The number of nitrogens with zero attached hydrogens (tertiary/aromatic N) is 5. The summed E-state index contributed by atoms with van der Waals surface area (Å²) in [5.41, 5.74) is 6.14. The van der Waals surface area contributed by atoms with Crippen molar-refractivity contribution in [2.45, 2.75) is 13.0 Å². The summed E-state index contributed by atoms with van der Waals surface area (Å²) in [5.74, 6) is 0.835. The fourth-order valence-electron chi connectivity index (χ4n) is 4.85. The normalized spacial score (nSPS) is 14.8. The number of benzene rings is 2. The lowest BCUT2D eigenvalue weighted by Gasteiger charge is -2.32. The van der Waals surface area contributed by atoms with Crippen molar-refractivity contribution in [3.63, 3.8) is 0 Å². The van der Waals surface area contributed by atoms with E-state index in [1.54, 1.807) is 7.11 Å². The highest BCUT2D eigenvalue weighted by Gasteiger charge is 2.15. The molecule has 0 bridgehead atoms. The monoisotopic (exact) mass is 465 g/mol. The van der Waals surface area contributed by atoms with Crippen LogP contribution in [-0.4, -0.2) is 66.2 Å². The number of likely N-dealkylation sites (N-methyl/N-ethyl adjacent to an activating group) is 1. The molecule has 3 heterocycles. The van der Waals surface area contributed by atoms with E-state index in [9.17, 15) is 5.26 Å². The Hall–Kier alpha value is -3.66. The number of pyridine rings is 1. The molecule has 178 valence electrons. The third kappa shape index (κ3) is 5.07. The van der Waals surface area contributed by atoms with E-state index in [-0.39, 0.29) is 0 Å². The Morgan fingerprint density at radius 1 is 0.914 bits per heavy atom. The standard InChI is InChI=1S/C29H31N5O/c1-32-12-14-33(15-13-32)10-3-11-34-21-28(27-16-22(18-30)4-9-29(27)34)25-17-24(19-31-20-25)23-5-7-26(35-2)8-6-23/h4-9,16-17,19-21H,3,10-15H2,1-2H3. The minimum absolute atomic E-state index is 0.674. The highest BCUT2D eigenvalue weighted by molar-refractivity contribution is 5.97. The molecule has 1 aliphatic heterocycles. The van der Waals surface area contributed by atoms with Crippen LogP contribution in [0.1, 0.15) is 12.0 Å². The predicted octanol–water partition coefficient (Wildman–Crippen LogP) is 4.89. The molecule has 0 atom stereocenters. The lowest BCUT2D eigenvalue weighted by atomic mass is 10.0. The number of fused-ring (bicyclic) bond motifs is 1. The van der Waals surface area contributed by atoms with Crippen LogP contribution in [0.15, 0.2) is 67.1 Å². The van der Waals surface area contributed by atoms with Gasteiger partial charge in [0.15, 0.2) is 0 Å². The van der Waals surface area contributed by atoms with Gasteiger partial charge in [0, 0.05) is 78.9 Å². The van der Waals surface area contributed by atoms with Crippen LogP contribution < -0.4 is 4.74 Å².